The molecule has 1 atom stereocenters. The highest BCUT2D eigenvalue weighted by atomic mass is 32.2. The maximum absolute atomic E-state index is 12.9. The average molecular weight is 362 g/mol. The Balaban J connectivity index is 1.73. The van der Waals surface area contributed by atoms with Crippen molar-refractivity contribution in [2.24, 2.45) is 0 Å². The van der Waals surface area contributed by atoms with Crippen LogP contribution in [0.15, 0.2) is 53.4 Å². The number of hydrogen-bond acceptors (Lipinski definition) is 4. The third-order valence-corrected chi connectivity index (χ3v) is 5.73. The SMILES string of the molecule is C[C@H](NC(=O)CN1C(=O)c2ccccc2S1(=O)=O)c1ccc(F)cc1. The minimum Gasteiger partial charge on any atom is -0.348 e. The van der Waals surface area contributed by atoms with E-state index in [1.807, 2.05) is 0 Å². The lowest BCUT2D eigenvalue weighted by atomic mass is 10.1. The van der Waals surface area contributed by atoms with Crippen LogP contribution in [0, 0.1) is 5.82 Å². The largest absolute Gasteiger partial charge is 0.348 e. The molecule has 3 rings (SSSR count). The summed E-state index contributed by atoms with van der Waals surface area (Å²) >= 11 is 0. The lowest BCUT2D eigenvalue weighted by Crippen LogP contribution is -2.41. The maximum Gasteiger partial charge on any atom is 0.269 e. The summed E-state index contributed by atoms with van der Waals surface area (Å²) in [4.78, 5) is 24.4. The van der Waals surface area contributed by atoms with Crippen LogP contribution in [0.1, 0.15) is 28.9 Å². The molecule has 2 amide bonds. The number of nitrogens with one attached hydrogen (secondary N) is 1. The molecule has 0 aliphatic carbocycles. The average Bonchev–Trinajstić information content (AvgIpc) is 2.77. The molecule has 2 aromatic carbocycles. The molecule has 0 unspecified atom stereocenters. The van der Waals surface area contributed by atoms with Gasteiger partial charge in [-0.05, 0) is 36.8 Å². The van der Waals surface area contributed by atoms with E-state index in [1.165, 1.54) is 42.5 Å². The van der Waals surface area contributed by atoms with E-state index in [2.05, 4.69) is 5.32 Å². The van der Waals surface area contributed by atoms with Gasteiger partial charge in [0, 0.05) is 0 Å². The van der Waals surface area contributed by atoms with Crippen LogP contribution in [0.3, 0.4) is 0 Å². The van der Waals surface area contributed by atoms with E-state index in [0.717, 1.165) is 0 Å². The Hall–Kier alpha value is -2.74. The van der Waals surface area contributed by atoms with Crippen molar-refractivity contribution in [1.29, 1.82) is 0 Å². The van der Waals surface area contributed by atoms with Crippen molar-refractivity contribution >= 4 is 21.8 Å². The van der Waals surface area contributed by atoms with Crippen LogP contribution in [-0.4, -0.2) is 31.1 Å². The smallest absolute Gasteiger partial charge is 0.269 e. The van der Waals surface area contributed by atoms with Crippen molar-refractivity contribution in [1.82, 2.24) is 9.62 Å². The summed E-state index contributed by atoms with van der Waals surface area (Å²) in [6.45, 7) is 1.07. The highest BCUT2D eigenvalue weighted by molar-refractivity contribution is 7.90. The van der Waals surface area contributed by atoms with Gasteiger partial charge in [0.25, 0.3) is 15.9 Å². The van der Waals surface area contributed by atoms with Gasteiger partial charge in [-0.25, -0.2) is 17.1 Å². The molecule has 0 bridgehead atoms. The second-order valence-electron chi connectivity index (χ2n) is 5.65. The number of carbonyl (C=O) groups is 2. The number of hydrogen-bond donors (Lipinski definition) is 1. The molecule has 1 N–H and O–H groups in total. The molecule has 0 fully saturated rings. The van der Waals surface area contributed by atoms with Crippen LogP contribution >= 0.6 is 0 Å². The Kier molecular flexibility index (Phi) is 4.30. The van der Waals surface area contributed by atoms with Crippen LogP contribution in [0.2, 0.25) is 0 Å². The van der Waals surface area contributed by atoms with Gasteiger partial charge in [-0.3, -0.25) is 9.59 Å². The number of halogens is 1. The molecule has 0 aromatic heterocycles. The number of sulfonamides is 1. The van der Waals surface area contributed by atoms with Crippen LogP contribution < -0.4 is 5.32 Å². The fraction of sp³-hybridized carbons (Fsp3) is 0.176. The van der Waals surface area contributed by atoms with Crippen molar-refractivity contribution in [2.75, 3.05) is 6.54 Å². The Labute approximate surface area is 144 Å². The summed E-state index contributed by atoms with van der Waals surface area (Å²) in [5.41, 5.74) is 0.718. The summed E-state index contributed by atoms with van der Waals surface area (Å²) in [6.07, 6.45) is 0. The quantitative estimate of drug-likeness (QED) is 0.900. The summed E-state index contributed by atoms with van der Waals surface area (Å²) in [7, 11) is -4.02. The zero-order valence-electron chi connectivity index (χ0n) is 13.3. The first kappa shape index (κ1) is 17.1. The maximum atomic E-state index is 12.9. The van der Waals surface area contributed by atoms with E-state index in [9.17, 15) is 22.4 Å². The monoisotopic (exact) mass is 362 g/mol. The predicted molar refractivity (Wildman–Crippen MR) is 87.6 cm³/mol. The van der Waals surface area contributed by atoms with Gasteiger partial charge in [-0.2, -0.15) is 0 Å². The van der Waals surface area contributed by atoms with Crippen LogP contribution in [0.25, 0.3) is 0 Å². The number of fused-ring (bicyclic) bond motifs is 1. The molecular formula is C17H15FN2O4S. The number of benzene rings is 2. The minimum absolute atomic E-state index is 0.0573. The van der Waals surface area contributed by atoms with Gasteiger partial charge in [0.05, 0.1) is 11.6 Å². The third-order valence-electron chi connectivity index (χ3n) is 3.95. The van der Waals surface area contributed by atoms with Crippen molar-refractivity contribution in [2.45, 2.75) is 17.9 Å². The van der Waals surface area contributed by atoms with Crippen LogP contribution in [0.4, 0.5) is 4.39 Å². The van der Waals surface area contributed by atoms with E-state index < -0.39 is 40.2 Å². The van der Waals surface area contributed by atoms with E-state index in [4.69, 9.17) is 0 Å². The molecular weight excluding hydrogens is 347 g/mol. The topological polar surface area (TPSA) is 83.6 Å². The highest BCUT2D eigenvalue weighted by Crippen LogP contribution is 2.29. The zero-order chi connectivity index (χ0) is 18.2. The van der Waals surface area contributed by atoms with Gasteiger partial charge in [0.15, 0.2) is 0 Å². The number of amides is 2. The van der Waals surface area contributed by atoms with Crippen molar-refractivity contribution in [3.05, 3.63) is 65.5 Å². The van der Waals surface area contributed by atoms with Crippen molar-refractivity contribution in [3.8, 4) is 0 Å². The van der Waals surface area contributed by atoms with Crippen LogP contribution in [0.5, 0.6) is 0 Å². The Morgan fingerprint density at radius 3 is 2.44 bits per heavy atom. The number of rotatable bonds is 4. The van der Waals surface area contributed by atoms with Crippen molar-refractivity contribution < 1.29 is 22.4 Å². The normalized spacial score (nSPS) is 16.4. The summed E-state index contributed by atoms with van der Waals surface area (Å²) < 4.78 is 38.3. The van der Waals surface area contributed by atoms with Gasteiger partial charge in [-0.15, -0.1) is 0 Å². The molecule has 1 aliphatic heterocycles. The lowest BCUT2D eigenvalue weighted by Gasteiger charge is -2.18. The van der Waals surface area contributed by atoms with E-state index in [1.54, 1.807) is 13.0 Å². The second kappa shape index (κ2) is 6.29. The van der Waals surface area contributed by atoms with Gasteiger partial charge >= 0.3 is 0 Å². The fourth-order valence-corrected chi connectivity index (χ4v) is 4.16. The fourth-order valence-electron chi connectivity index (χ4n) is 2.64. The first-order valence-electron chi connectivity index (χ1n) is 7.51. The molecule has 1 aliphatic rings. The molecule has 8 heteroatoms. The molecule has 2 aromatic rings. The summed E-state index contributed by atoms with van der Waals surface area (Å²) in [6, 6.07) is 10.9. The highest BCUT2D eigenvalue weighted by Gasteiger charge is 2.41. The second-order valence-corrected chi connectivity index (χ2v) is 7.48. The molecule has 0 saturated carbocycles. The van der Waals surface area contributed by atoms with Gasteiger partial charge in [0.1, 0.15) is 17.3 Å². The molecule has 0 radical (unpaired) electrons. The van der Waals surface area contributed by atoms with Gasteiger partial charge in [0.2, 0.25) is 5.91 Å². The lowest BCUT2D eigenvalue weighted by molar-refractivity contribution is -0.121. The summed E-state index contributed by atoms with van der Waals surface area (Å²) in [5.74, 6) is -1.74. The Bertz CT molecular complexity index is 941. The summed E-state index contributed by atoms with van der Waals surface area (Å²) in [5, 5.41) is 2.61. The molecule has 1 heterocycles. The molecule has 25 heavy (non-hydrogen) atoms. The molecule has 0 saturated heterocycles. The zero-order valence-corrected chi connectivity index (χ0v) is 14.1. The van der Waals surface area contributed by atoms with E-state index >= 15 is 0 Å². The predicted octanol–water partition coefficient (Wildman–Crippen LogP) is 1.85. The van der Waals surface area contributed by atoms with E-state index in [-0.39, 0.29) is 10.5 Å². The first-order valence-corrected chi connectivity index (χ1v) is 8.95. The Morgan fingerprint density at radius 2 is 1.80 bits per heavy atom. The Morgan fingerprint density at radius 1 is 1.16 bits per heavy atom. The van der Waals surface area contributed by atoms with E-state index in [0.29, 0.717) is 9.87 Å². The molecule has 0 spiro atoms. The van der Waals surface area contributed by atoms with Crippen LogP contribution in [-0.2, 0) is 14.8 Å². The number of carbonyl (C=O) groups excluding carboxylic acids is 2. The van der Waals surface area contributed by atoms with Gasteiger partial charge in [-0.1, -0.05) is 24.3 Å². The molecule has 6 nitrogen and oxygen atoms in total. The minimum atomic E-state index is -4.02. The molecule has 130 valence electrons. The number of nitrogens with zero attached hydrogens (tertiary/aromatic N) is 1. The van der Waals surface area contributed by atoms with Crippen molar-refractivity contribution in [3.63, 3.8) is 0 Å². The third kappa shape index (κ3) is 3.12. The standard InChI is InChI=1S/C17H15FN2O4S/c1-11(12-6-8-13(18)9-7-12)19-16(21)10-20-17(22)14-4-2-3-5-15(14)25(20,23)24/h2-9,11H,10H2,1H3,(H,19,21)/t11-/m0/s1. The van der Waals surface area contributed by atoms with Gasteiger partial charge < -0.3 is 5.32 Å². The first-order chi connectivity index (χ1) is 11.8.